The molecule has 88 valence electrons. The highest BCUT2D eigenvalue weighted by atomic mass is 16.4. The minimum Gasteiger partial charge on any atom is -0.478 e. The average molecular weight is 230 g/mol. The van der Waals surface area contributed by atoms with Crippen molar-refractivity contribution in [3.8, 4) is 0 Å². The first kappa shape index (κ1) is 11.6. The van der Waals surface area contributed by atoms with Gasteiger partial charge in [-0.3, -0.25) is 0 Å². The Hall–Kier alpha value is -1.91. The van der Waals surface area contributed by atoms with Crippen LogP contribution >= 0.6 is 0 Å². The predicted molar refractivity (Wildman–Crippen MR) is 65.9 cm³/mol. The second-order valence-electron chi connectivity index (χ2n) is 4.19. The molecule has 0 heterocycles. The Morgan fingerprint density at radius 2 is 1.88 bits per heavy atom. The van der Waals surface area contributed by atoms with Gasteiger partial charge in [-0.1, -0.05) is 30.3 Å². The standard InChI is InChI=1S/C13H14N2O2/c14-13(15)7-6-10(12(16)17)11(8-13)9-4-2-1-3-5-9/h1-7H,8,14-15H2,(H,16,17). The number of carboxylic acids is 1. The molecule has 1 aliphatic rings. The van der Waals surface area contributed by atoms with Crippen LogP contribution in [0.1, 0.15) is 12.0 Å². The summed E-state index contributed by atoms with van der Waals surface area (Å²) in [6.45, 7) is 0. The van der Waals surface area contributed by atoms with Gasteiger partial charge in [0.2, 0.25) is 0 Å². The van der Waals surface area contributed by atoms with E-state index in [4.69, 9.17) is 16.6 Å². The zero-order chi connectivity index (χ0) is 12.5. The topological polar surface area (TPSA) is 89.3 Å². The molecule has 0 atom stereocenters. The Bertz CT molecular complexity index is 501. The molecule has 1 aromatic rings. The maximum Gasteiger partial charge on any atom is 0.335 e. The van der Waals surface area contributed by atoms with Crippen molar-refractivity contribution >= 4 is 11.5 Å². The smallest absolute Gasteiger partial charge is 0.335 e. The molecular formula is C13H14N2O2. The molecule has 5 N–H and O–H groups in total. The third-order valence-electron chi connectivity index (χ3n) is 2.72. The van der Waals surface area contributed by atoms with Crippen LogP contribution < -0.4 is 11.5 Å². The monoisotopic (exact) mass is 230 g/mol. The zero-order valence-corrected chi connectivity index (χ0v) is 9.26. The lowest BCUT2D eigenvalue weighted by atomic mass is 9.86. The molecule has 0 unspecified atom stereocenters. The highest BCUT2D eigenvalue weighted by Crippen LogP contribution is 2.30. The zero-order valence-electron chi connectivity index (χ0n) is 9.26. The minimum atomic E-state index is -0.982. The van der Waals surface area contributed by atoms with E-state index in [1.807, 2.05) is 30.3 Å². The summed E-state index contributed by atoms with van der Waals surface area (Å²) in [4.78, 5) is 11.2. The molecule has 0 aromatic heterocycles. The maximum atomic E-state index is 11.2. The van der Waals surface area contributed by atoms with Crippen molar-refractivity contribution < 1.29 is 9.90 Å². The summed E-state index contributed by atoms with van der Waals surface area (Å²) in [5, 5.41) is 9.15. The van der Waals surface area contributed by atoms with Crippen molar-refractivity contribution in [3.63, 3.8) is 0 Å². The Labute approximate surface area is 99.2 Å². The highest BCUT2D eigenvalue weighted by Gasteiger charge is 2.26. The van der Waals surface area contributed by atoms with Crippen LogP contribution in [0.2, 0.25) is 0 Å². The fourth-order valence-corrected chi connectivity index (χ4v) is 1.90. The molecule has 0 saturated heterocycles. The maximum absolute atomic E-state index is 11.2. The van der Waals surface area contributed by atoms with Gasteiger partial charge in [0.1, 0.15) is 0 Å². The predicted octanol–water partition coefficient (Wildman–Crippen LogP) is 1.10. The largest absolute Gasteiger partial charge is 0.478 e. The molecule has 1 aromatic carbocycles. The van der Waals surface area contributed by atoms with Crippen LogP contribution in [0.15, 0.2) is 48.1 Å². The molecule has 0 spiro atoms. The quantitative estimate of drug-likeness (QED) is 0.664. The third-order valence-corrected chi connectivity index (χ3v) is 2.72. The molecule has 17 heavy (non-hydrogen) atoms. The molecule has 0 radical (unpaired) electrons. The van der Waals surface area contributed by atoms with Crippen molar-refractivity contribution in [2.75, 3.05) is 0 Å². The van der Waals surface area contributed by atoms with Gasteiger partial charge in [-0.25, -0.2) is 4.79 Å². The van der Waals surface area contributed by atoms with E-state index in [1.165, 1.54) is 12.2 Å². The number of nitrogens with two attached hydrogens (primary N) is 2. The van der Waals surface area contributed by atoms with Gasteiger partial charge in [0.05, 0.1) is 11.2 Å². The van der Waals surface area contributed by atoms with Crippen molar-refractivity contribution in [1.82, 2.24) is 0 Å². The van der Waals surface area contributed by atoms with Gasteiger partial charge >= 0.3 is 5.97 Å². The van der Waals surface area contributed by atoms with Crippen LogP contribution in [0.25, 0.3) is 5.57 Å². The number of benzene rings is 1. The van der Waals surface area contributed by atoms with Crippen LogP contribution in [0.5, 0.6) is 0 Å². The van der Waals surface area contributed by atoms with Crippen LogP contribution in [0.4, 0.5) is 0 Å². The average Bonchev–Trinajstić information content (AvgIpc) is 2.28. The number of rotatable bonds is 2. The fourth-order valence-electron chi connectivity index (χ4n) is 1.90. The summed E-state index contributed by atoms with van der Waals surface area (Å²) < 4.78 is 0. The minimum absolute atomic E-state index is 0.253. The van der Waals surface area contributed by atoms with Crippen LogP contribution in [0.3, 0.4) is 0 Å². The first-order valence-electron chi connectivity index (χ1n) is 5.28. The number of hydrogen-bond donors (Lipinski definition) is 3. The van der Waals surface area contributed by atoms with Gasteiger partial charge in [0.25, 0.3) is 0 Å². The summed E-state index contributed by atoms with van der Waals surface area (Å²) >= 11 is 0. The van der Waals surface area contributed by atoms with Gasteiger partial charge in [-0.05, 0) is 23.3 Å². The summed E-state index contributed by atoms with van der Waals surface area (Å²) in [5.41, 5.74) is 12.4. The van der Waals surface area contributed by atoms with E-state index in [0.29, 0.717) is 12.0 Å². The van der Waals surface area contributed by atoms with Crippen molar-refractivity contribution in [2.24, 2.45) is 11.5 Å². The lowest BCUT2D eigenvalue weighted by Crippen LogP contribution is -2.48. The van der Waals surface area contributed by atoms with Gasteiger partial charge in [-0.15, -0.1) is 0 Å². The molecule has 0 amide bonds. The van der Waals surface area contributed by atoms with Gasteiger partial charge in [0, 0.05) is 6.42 Å². The molecule has 0 bridgehead atoms. The molecule has 0 saturated carbocycles. The van der Waals surface area contributed by atoms with E-state index in [1.54, 1.807) is 0 Å². The first-order chi connectivity index (χ1) is 7.99. The Morgan fingerprint density at radius 1 is 1.24 bits per heavy atom. The van der Waals surface area contributed by atoms with Gasteiger partial charge in [0.15, 0.2) is 0 Å². The number of carbonyl (C=O) groups is 1. The SMILES string of the molecule is NC1(N)C=CC(C(=O)O)=C(c2ccccc2)C1. The molecule has 4 nitrogen and oxygen atoms in total. The van der Waals surface area contributed by atoms with E-state index in [2.05, 4.69) is 0 Å². The Morgan fingerprint density at radius 3 is 2.47 bits per heavy atom. The van der Waals surface area contributed by atoms with Crippen LogP contribution in [-0.2, 0) is 4.79 Å². The fraction of sp³-hybridized carbons (Fsp3) is 0.154. The second kappa shape index (κ2) is 4.16. The van der Waals surface area contributed by atoms with E-state index in [0.717, 1.165) is 5.56 Å². The van der Waals surface area contributed by atoms with Crippen LogP contribution in [0, 0.1) is 0 Å². The van der Waals surface area contributed by atoms with Gasteiger partial charge < -0.3 is 16.6 Å². The van der Waals surface area contributed by atoms with E-state index in [9.17, 15) is 4.79 Å². The summed E-state index contributed by atoms with van der Waals surface area (Å²) in [6, 6.07) is 9.30. The highest BCUT2D eigenvalue weighted by molar-refractivity contribution is 6.00. The summed E-state index contributed by atoms with van der Waals surface area (Å²) in [6.07, 6.45) is 3.33. The molecule has 2 rings (SSSR count). The molecule has 0 aliphatic heterocycles. The Balaban J connectivity index is 2.52. The second-order valence-corrected chi connectivity index (χ2v) is 4.19. The van der Waals surface area contributed by atoms with E-state index >= 15 is 0 Å². The molecular weight excluding hydrogens is 216 g/mol. The lowest BCUT2D eigenvalue weighted by molar-refractivity contribution is -0.132. The van der Waals surface area contributed by atoms with Crippen LogP contribution in [-0.4, -0.2) is 16.7 Å². The number of aliphatic carboxylic acids is 1. The summed E-state index contributed by atoms with van der Waals surface area (Å²) in [7, 11) is 0. The lowest BCUT2D eigenvalue weighted by Gasteiger charge is -2.27. The molecule has 1 aliphatic carbocycles. The van der Waals surface area contributed by atoms with E-state index in [-0.39, 0.29) is 5.57 Å². The third kappa shape index (κ3) is 2.43. The Kier molecular flexibility index (Phi) is 2.83. The molecule has 0 fully saturated rings. The van der Waals surface area contributed by atoms with Gasteiger partial charge in [-0.2, -0.15) is 0 Å². The van der Waals surface area contributed by atoms with E-state index < -0.39 is 11.6 Å². The first-order valence-corrected chi connectivity index (χ1v) is 5.28. The summed E-state index contributed by atoms with van der Waals surface area (Å²) in [5.74, 6) is -0.962. The van der Waals surface area contributed by atoms with Crippen molar-refractivity contribution in [1.29, 1.82) is 0 Å². The molecule has 4 heteroatoms. The van der Waals surface area contributed by atoms with Crippen molar-refractivity contribution in [3.05, 3.63) is 53.6 Å². The number of carboxylic acid groups (broad SMARTS) is 1. The number of hydrogen-bond acceptors (Lipinski definition) is 3. The normalized spacial score (nSPS) is 18.2. The van der Waals surface area contributed by atoms with Crippen molar-refractivity contribution in [2.45, 2.75) is 12.1 Å².